The summed E-state index contributed by atoms with van der Waals surface area (Å²) in [5.41, 5.74) is 11.3. The molecule has 0 saturated carbocycles. The molecule has 0 N–H and O–H groups in total. The van der Waals surface area contributed by atoms with Gasteiger partial charge in [-0.05, 0) is 78.9 Å². The summed E-state index contributed by atoms with van der Waals surface area (Å²) in [4.78, 5) is 22.1. The molecule has 0 bridgehead atoms. The molecule has 0 atom stereocenters. The van der Waals surface area contributed by atoms with Crippen molar-refractivity contribution in [1.82, 2.24) is 33.6 Å². The highest BCUT2D eigenvalue weighted by Crippen LogP contribution is 2.50. The van der Waals surface area contributed by atoms with Crippen molar-refractivity contribution in [2.75, 3.05) is 4.90 Å². The Labute approximate surface area is 348 Å². The molecule has 0 amide bonds. The quantitative estimate of drug-likeness (QED) is 0.173. The predicted octanol–water partition coefficient (Wildman–Crippen LogP) is 12.6. The molecule has 7 aromatic carbocycles. The Kier molecular flexibility index (Phi) is 7.11. The Bertz CT molecular complexity index is 3670. The molecule has 1 aliphatic heterocycles. The van der Waals surface area contributed by atoms with Gasteiger partial charge in [0.1, 0.15) is 18.0 Å². The van der Waals surface area contributed by atoms with Gasteiger partial charge in [-0.1, -0.05) is 103 Å². The van der Waals surface area contributed by atoms with Gasteiger partial charge in [-0.3, -0.25) is 14.0 Å². The number of imidazole rings is 1. The number of rotatable bonds is 5. The van der Waals surface area contributed by atoms with Gasteiger partial charge in [0.15, 0.2) is 22.8 Å². The second kappa shape index (κ2) is 13.0. The Morgan fingerprint density at radius 2 is 1.13 bits per heavy atom. The van der Waals surface area contributed by atoms with Gasteiger partial charge < -0.3 is 9.30 Å². The van der Waals surface area contributed by atoms with Crippen molar-refractivity contribution in [2.45, 2.75) is 0 Å². The molecule has 286 valence electrons. The average Bonchev–Trinajstić information content (AvgIpc) is 4.01. The Morgan fingerprint density at radius 1 is 0.459 bits per heavy atom. The van der Waals surface area contributed by atoms with Gasteiger partial charge >= 0.3 is 0 Å². The van der Waals surface area contributed by atoms with Crippen LogP contribution in [0.4, 0.5) is 17.2 Å². The summed E-state index contributed by atoms with van der Waals surface area (Å²) < 4.78 is 13.0. The van der Waals surface area contributed by atoms with Crippen molar-refractivity contribution in [1.29, 1.82) is 0 Å². The molecule has 9 heteroatoms. The maximum Gasteiger partial charge on any atom is 0.197 e. The summed E-state index contributed by atoms with van der Waals surface area (Å²) in [6.07, 6.45) is 3.59. The highest BCUT2D eigenvalue weighted by molar-refractivity contribution is 6.26. The SMILES string of the molecule is c1ccc(-n2cnc3ncc(-c4cccc(-n5c6ccccc6c6c5ccc5c7ccccc7n(-c7cccc(N8c9ccccc9Oc9ccccc98)n7)c56)c4)nc32)cc1. The van der Waals surface area contributed by atoms with E-state index >= 15 is 0 Å². The van der Waals surface area contributed by atoms with Gasteiger partial charge in [-0.2, -0.15) is 0 Å². The molecule has 0 saturated heterocycles. The fourth-order valence-corrected chi connectivity index (χ4v) is 9.15. The number of anilines is 3. The molecular formula is C52H32N8O. The molecule has 13 rings (SSSR count). The van der Waals surface area contributed by atoms with Crippen molar-refractivity contribution in [2.24, 2.45) is 0 Å². The highest BCUT2D eigenvalue weighted by atomic mass is 16.5. The maximum absolute atomic E-state index is 6.36. The third-order valence-electron chi connectivity index (χ3n) is 11.8. The standard InChI is InChI=1S/C52H32N8O/c1-2-15-34(16-3-1)57-32-54-51-52(57)55-39(31-53-51)33-14-12-17-35(30-33)58-41-21-7-5-19-38(41)49-44(58)29-28-37-36-18-4-6-20-40(36)60(50(37)49)48-27-13-26-47(56-48)59-42-22-8-10-24-45(42)61-46-25-11-9-23-43(46)59/h1-32H. The lowest BCUT2D eigenvalue weighted by Gasteiger charge is -2.32. The first-order valence-corrected chi connectivity index (χ1v) is 20.2. The minimum absolute atomic E-state index is 0.602. The van der Waals surface area contributed by atoms with E-state index in [1.54, 1.807) is 6.33 Å². The number of fused-ring (bicyclic) bond motifs is 10. The molecule has 1 aliphatic rings. The van der Waals surface area contributed by atoms with Gasteiger partial charge in [0, 0.05) is 38.5 Å². The Morgan fingerprint density at radius 3 is 1.95 bits per heavy atom. The zero-order valence-corrected chi connectivity index (χ0v) is 32.5. The number of ether oxygens (including phenoxy) is 1. The monoisotopic (exact) mass is 784 g/mol. The van der Waals surface area contributed by atoms with E-state index < -0.39 is 0 Å². The van der Waals surface area contributed by atoms with E-state index in [0.717, 1.165) is 101 Å². The first kappa shape index (κ1) is 33.4. The van der Waals surface area contributed by atoms with Crippen molar-refractivity contribution in [3.8, 4) is 39.9 Å². The van der Waals surface area contributed by atoms with Crippen LogP contribution in [0.2, 0.25) is 0 Å². The van der Waals surface area contributed by atoms with Crippen LogP contribution in [-0.4, -0.2) is 33.6 Å². The minimum Gasteiger partial charge on any atom is -0.453 e. The molecule has 5 aromatic heterocycles. The van der Waals surface area contributed by atoms with E-state index in [9.17, 15) is 0 Å². The predicted molar refractivity (Wildman–Crippen MR) is 243 cm³/mol. The summed E-state index contributed by atoms with van der Waals surface area (Å²) in [6, 6.07) is 63.0. The van der Waals surface area contributed by atoms with Crippen LogP contribution in [-0.2, 0) is 0 Å². The van der Waals surface area contributed by atoms with Crippen LogP contribution in [0.25, 0.3) is 83.4 Å². The first-order valence-electron chi connectivity index (χ1n) is 20.2. The third kappa shape index (κ3) is 5.01. The molecule has 6 heterocycles. The molecule has 0 spiro atoms. The number of hydrogen-bond donors (Lipinski definition) is 0. The summed E-state index contributed by atoms with van der Waals surface area (Å²) in [6.45, 7) is 0. The topological polar surface area (TPSA) is 78.8 Å². The fourth-order valence-electron chi connectivity index (χ4n) is 9.15. The first-order chi connectivity index (χ1) is 30.3. The molecule has 9 nitrogen and oxygen atoms in total. The smallest absolute Gasteiger partial charge is 0.197 e. The largest absolute Gasteiger partial charge is 0.453 e. The zero-order chi connectivity index (χ0) is 40.0. The van der Waals surface area contributed by atoms with Crippen molar-refractivity contribution < 1.29 is 4.74 Å². The van der Waals surface area contributed by atoms with Gasteiger partial charge in [-0.15, -0.1) is 0 Å². The molecule has 0 fully saturated rings. The van der Waals surface area contributed by atoms with Gasteiger partial charge in [0.05, 0.1) is 45.3 Å². The summed E-state index contributed by atoms with van der Waals surface area (Å²) >= 11 is 0. The van der Waals surface area contributed by atoms with Gasteiger partial charge in [0.25, 0.3) is 0 Å². The minimum atomic E-state index is 0.602. The normalized spacial score (nSPS) is 12.4. The second-order valence-electron chi connectivity index (χ2n) is 15.2. The number of nitrogens with zero attached hydrogens (tertiary/aromatic N) is 8. The van der Waals surface area contributed by atoms with Gasteiger partial charge in [-0.25, -0.2) is 19.9 Å². The molecular weight excluding hydrogens is 753 g/mol. The van der Waals surface area contributed by atoms with Crippen LogP contribution in [0.5, 0.6) is 11.5 Å². The average molecular weight is 785 g/mol. The van der Waals surface area contributed by atoms with Crippen molar-refractivity contribution in [3.05, 3.63) is 195 Å². The van der Waals surface area contributed by atoms with Crippen molar-refractivity contribution in [3.63, 3.8) is 0 Å². The molecule has 0 aliphatic carbocycles. The van der Waals surface area contributed by atoms with Crippen LogP contribution < -0.4 is 9.64 Å². The van der Waals surface area contributed by atoms with E-state index in [1.807, 2.05) is 77.5 Å². The van der Waals surface area contributed by atoms with E-state index in [-0.39, 0.29) is 0 Å². The maximum atomic E-state index is 6.36. The summed E-state index contributed by atoms with van der Waals surface area (Å²) in [5, 5.41) is 4.62. The van der Waals surface area contributed by atoms with Crippen LogP contribution in [0.3, 0.4) is 0 Å². The molecule has 12 aromatic rings. The van der Waals surface area contributed by atoms with Crippen molar-refractivity contribution >= 4 is 72.1 Å². The molecule has 0 unspecified atom stereocenters. The van der Waals surface area contributed by atoms with E-state index in [1.165, 1.54) is 0 Å². The van der Waals surface area contributed by atoms with Crippen LogP contribution in [0.15, 0.2) is 195 Å². The number of aromatic nitrogens is 7. The Balaban J connectivity index is 1.02. The second-order valence-corrected chi connectivity index (χ2v) is 15.2. The van der Waals surface area contributed by atoms with E-state index in [4.69, 9.17) is 19.7 Å². The molecule has 61 heavy (non-hydrogen) atoms. The zero-order valence-electron chi connectivity index (χ0n) is 32.5. The Hall–Kier alpha value is -8.56. The van der Waals surface area contributed by atoms with Crippen LogP contribution in [0.1, 0.15) is 0 Å². The van der Waals surface area contributed by atoms with Crippen LogP contribution >= 0.6 is 0 Å². The number of para-hydroxylation sites is 7. The lowest BCUT2D eigenvalue weighted by molar-refractivity contribution is 0.476. The number of pyridine rings is 1. The lowest BCUT2D eigenvalue weighted by atomic mass is 10.1. The van der Waals surface area contributed by atoms with Crippen LogP contribution in [0, 0.1) is 0 Å². The van der Waals surface area contributed by atoms with Gasteiger partial charge in [0.2, 0.25) is 0 Å². The highest BCUT2D eigenvalue weighted by Gasteiger charge is 2.27. The van der Waals surface area contributed by atoms with E-state index in [2.05, 4.69) is 134 Å². The van der Waals surface area contributed by atoms with E-state index in [0.29, 0.717) is 11.3 Å². The fraction of sp³-hybridized carbons (Fsp3) is 0. The summed E-state index contributed by atoms with van der Waals surface area (Å²) in [5.74, 6) is 3.19. The lowest BCUT2D eigenvalue weighted by Crippen LogP contribution is -2.17. The number of hydrogen-bond acceptors (Lipinski definition) is 6. The third-order valence-corrected chi connectivity index (χ3v) is 11.8. The molecule has 0 radical (unpaired) electrons. The number of benzene rings is 7. The summed E-state index contributed by atoms with van der Waals surface area (Å²) in [7, 11) is 0.